The van der Waals surface area contributed by atoms with Crippen molar-refractivity contribution >= 4 is 17.8 Å². The number of carboxylic acid groups (broad SMARTS) is 2. The third-order valence-electron chi connectivity index (χ3n) is 1.92. The fourth-order valence-electron chi connectivity index (χ4n) is 0.962. The van der Waals surface area contributed by atoms with Gasteiger partial charge in [-0.2, -0.15) is 0 Å². The second-order valence-corrected chi connectivity index (χ2v) is 3.58. The number of aromatic nitrogens is 2. The zero-order valence-electron chi connectivity index (χ0n) is 10.6. The smallest absolute Gasteiger partial charge is 0.322 e. The van der Waals surface area contributed by atoms with E-state index in [9.17, 15) is 14.4 Å². The van der Waals surface area contributed by atoms with Crippen LogP contribution in [0.3, 0.4) is 0 Å². The first kappa shape index (κ1) is 17.5. The van der Waals surface area contributed by atoms with E-state index < -0.39 is 23.9 Å². The minimum Gasteiger partial charge on any atom is -0.480 e. The average Bonchev–Trinajstić information content (AvgIpc) is 2.89. The van der Waals surface area contributed by atoms with Crippen LogP contribution in [0.1, 0.15) is 5.69 Å². The van der Waals surface area contributed by atoms with Crippen molar-refractivity contribution in [1.82, 2.24) is 15.3 Å². The molecule has 1 aromatic heterocycles. The van der Waals surface area contributed by atoms with Gasteiger partial charge in [-0.15, -0.1) is 0 Å². The highest BCUT2D eigenvalue weighted by Crippen LogP contribution is 1.95. The van der Waals surface area contributed by atoms with Crippen LogP contribution in [0.15, 0.2) is 12.5 Å². The van der Waals surface area contributed by atoms with Gasteiger partial charge in [-0.3, -0.25) is 14.4 Å². The summed E-state index contributed by atoms with van der Waals surface area (Å²) < 4.78 is 0. The molecule has 112 valence electrons. The van der Waals surface area contributed by atoms with Gasteiger partial charge in [-0.25, -0.2) is 4.98 Å². The van der Waals surface area contributed by atoms with Crippen molar-refractivity contribution < 1.29 is 24.6 Å². The predicted octanol–water partition coefficient (Wildman–Crippen LogP) is -2.49. The maximum Gasteiger partial charge on any atom is 0.322 e. The second-order valence-electron chi connectivity index (χ2n) is 3.58. The molecular formula is C10H17N5O5. The van der Waals surface area contributed by atoms with Crippen LogP contribution in [0.4, 0.5) is 0 Å². The number of carbonyl (C=O) groups is 3. The van der Waals surface area contributed by atoms with Crippen molar-refractivity contribution in [3.63, 3.8) is 0 Å². The van der Waals surface area contributed by atoms with Crippen LogP contribution in [-0.2, 0) is 20.8 Å². The van der Waals surface area contributed by atoms with E-state index in [2.05, 4.69) is 15.3 Å². The normalized spacial score (nSPS) is 10.9. The molecule has 1 atom stereocenters. The molecule has 0 saturated carbocycles. The van der Waals surface area contributed by atoms with Gasteiger partial charge >= 0.3 is 11.9 Å². The third-order valence-corrected chi connectivity index (χ3v) is 1.92. The summed E-state index contributed by atoms with van der Waals surface area (Å²) in [7, 11) is 0. The van der Waals surface area contributed by atoms with Crippen molar-refractivity contribution in [3.8, 4) is 0 Å². The SMILES string of the molecule is NC(Cc1c[nH]cn1)C(=O)O.NCC(=O)NCC(=O)O. The number of nitrogens with zero attached hydrogens (tertiary/aromatic N) is 1. The van der Waals surface area contributed by atoms with Gasteiger partial charge in [0.05, 0.1) is 18.6 Å². The van der Waals surface area contributed by atoms with Crippen LogP contribution in [-0.4, -0.2) is 57.2 Å². The molecular weight excluding hydrogens is 270 g/mol. The van der Waals surface area contributed by atoms with Gasteiger partial charge in [0.15, 0.2) is 0 Å². The highest BCUT2D eigenvalue weighted by molar-refractivity contribution is 5.82. The standard InChI is InChI=1S/C6H9N3O2.C4H8N2O3/c7-5(6(10)11)1-4-2-8-3-9-4;5-1-3(7)6-2-4(8)9/h2-3,5H,1,7H2,(H,8,9)(H,10,11);1-2,5H2,(H,6,7)(H,8,9). The van der Waals surface area contributed by atoms with Gasteiger partial charge in [0, 0.05) is 12.6 Å². The van der Waals surface area contributed by atoms with E-state index in [1.807, 2.05) is 0 Å². The first-order valence-corrected chi connectivity index (χ1v) is 5.51. The van der Waals surface area contributed by atoms with Gasteiger partial charge in [0.1, 0.15) is 12.6 Å². The van der Waals surface area contributed by atoms with Crippen LogP contribution < -0.4 is 16.8 Å². The maximum atomic E-state index is 10.3. The summed E-state index contributed by atoms with van der Waals surface area (Å²) in [5, 5.41) is 18.5. The Morgan fingerprint density at radius 1 is 1.40 bits per heavy atom. The number of hydrogen-bond donors (Lipinski definition) is 6. The molecule has 1 rings (SSSR count). The summed E-state index contributed by atoms with van der Waals surface area (Å²) in [6, 6.07) is -0.863. The monoisotopic (exact) mass is 287 g/mol. The summed E-state index contributed by atoms with van der Waals surface area (Å²) in [6.07, 6.45) is 3.38. The third kappa shape index (κ3) is 8.60. The molecule has 10 heteroatoms. The van der Waals surface area contributed by atoms with Gasteiger partial charge in [0.2, 0.25) is 5.91 Å². The second kappa shape index (κ2) is 9.47. The highest BCUT2D eigenvalue weighted by Gasteiger charge is 2.12. The lowest BCUT2D eigenvalue weighted by Crippen LogP contribution is -2.34. The molecule has 0 aliphatic rings. The summed E-state index contributed by atoms with van der Waals surface area (Å²) in [5.74, 6) is -2.54. The van der Waals surface area contributed by atoms with Crippen LogP contribution in [0.2, 0.25) is 0 Å². The summed E-state index contributed by atoms with van der Waals surface area (Å²) in [6.45, 7) is -0.538. The Bertz CT molecular complexity index is 433. The molecule has 0 saturated heterocycles. The molecule has 0 radical (unpaired) electrons. The van der Waals surface area contributed by atoms with E-state index in [1.54, 1.807) is 6.20 Å². The average molecular weight is 287 g/mol. The molecule has 0 fully saturated rings. The molecule has 1 amide bonds. The molecule has 20 heavy (non-hydrogen) atoms. The number of H-pyrrole nitrogens is 1. The minimum atomic E-state index is -1.07. The number of aromatic amines is 1. The maximum absolute atomic E-state index is 10.3. The number of hydrogen-bond acceptors (Lipinski definition) is 6. The zero-order chi connectivity index (χ0) is 15.5. The number of carboxylic acids is 2. The van der Waals surface area contributed by atoms with E-state index in [0.717, 1.165) is 0 Å². The van der Waals surface area contributed by atoms with Crippen LogP contribution in [0.5, 0.6) is 0 Å². The molecule has 0 spiro atoms. The van der Waals surface area contributed by atoms with Crippen molar-refractivity contribution in [2.75, 3.05) is 13.1 Å². The zero-order valence-corrected chi connectivity index (χ0v) is 10.6. The lowest BCUT2D eigenvalue weighted by atomic mass is 10.2. The van der Waals surface area contributed by atoms with Crippen molar-refractivity contribution in [3.05, 3.63) is 18.2 Å². The Balaban J connectivity index is 0.000000370. The molecule has 8 N–H and O–H groups in total. The topological polar surface area (TPSA) is 184 Å². The van der Waals surface area contributed by atoms with Crippen molar-refractivity contribution in [1.29, 1.82) is 0 Å². The molecule has 0 aliphatic heterocycles. The van der Waals surface area contributed by atoms with Gasteiger partial charge < -0.3 is 32.0 Å². The van der Waals surface area contributed by atoms with E-state index in [0.29, 0.717) is 5.69 Å². The summed E-state index contributed by atoms with van der Waals surface area (Å²) in [5.41, 5.74) is 10.8. The summed E-state index contributed by atoms with van der Waals surface area (Å²) >= 11 is 0. The Morgan fingerprint density at radius 3 is 2.45 bits per heavy atom. The van der Waals surface area contributed by atoms with E-state index >= 15 is 0 Å². The number of aliphatic carboxylic acids is 2. The molecule has 0 bridgehead atoms. The number of imidazole rings is 1. The van der Waals surface area contributed by atoms with Gasteiger partial charge in [-0.05, 0) is 0 Å². The van der Waals surface area contributed by atoms with Crippen molar-refractivity contribution in [2.24, 2.45) is 11.5 Å². The fourth-order valence-corrected chi connectivity index (χ4v) is 0.962. The molecule has 10 nitrogen and oxygen atoms in total. The summed E-state index contributed by atoms with van der Waals surface area (Å²) in [4.78, 5) is 36.8. The minimum absolute atomic E-state index is 0.173. The van der Waals surface area contributed by atoms with Crippen LogP contribution >= 0.6 is 0 Å². The van der Waals surface area contributed by atoms with E-state index in [4.69, 9.17) is 21.7 Å². The molecule has 0 aromatic carbocycles. The van der Waals surface area contributed by atoms with Gasteiger partial charge in [-0.1, -0.05) is 0 Å². The van der Waals surface area contributed by atoms with Crippen molar-refractivity contribution in [2.45, 2.75) is 12.5 Å². The number of nitrogens with two attached hydrogens (primary N) is 2. The molecule has 1 unspecified atom stereocenters. The lowest BCUT2D eigenvalue weighted by molar-refractivity contribution is -0.138. The number of rotatable bonds is 6. The molecule has 1 aromatic rings. The Labute approximate surface area is 114 Å². The van der Waals surface area contributed by atoms with E-state index in [-0.39, 0.29) is 19.5 Å². The predicted molar refractivity (Wildman–Crippen MR) is 67.6 cm³/mol. The van der Waals surface area contributed by atoms with E-state index in [1.165, 1.54) is 6.33 Å². The highest BCUT2D eigenvalue weighted by atomic mass is 16.4. The first-order valence-electron chi connectivity index (χ1n) is 5.51. The Kier molecular flexibility index (Phi) is 8.30. The van der Waals surface area contributed by atoms with Crippen LogP contribution in [0.25, 0.3) is 0 Å². The van der Waals surface area contributed by atoms with Gasteiger partial charge in [0.25, 0.3) is 0 Å². The fraction of sp³-hybridized carbons (Fsp3) is 0.400. The van der Waals surface area contributed by atoms with Crippen LogP contribution in [0, 0.1) is 0 Å². The number of carbonyl (C=O) groups excluding carboxylic acids is 1. The largest absolute Gasteiger partial charge is 0.480 e. The number of nitrogens with one attached hydrogen (secondary N) is 2. The number of amides is 1. The Hall–Kier alpha value is -2.46. The first-order chi connectivity index (χ1) is 9.36. The lowest BCUT2D eigenvalue weighted by Gasteiger charge is -2.01. The molecule has 1 heterocycles. The molecule has 0 aliphatic carbocycles. The quantitative estimate of drug-likeness (QED) is 0.331. The Morgan fingerprint density at radius 2 is 2.05 bits per heavy atom.